The van der Waals surface area contributed by atoms with Gasteiger partial charge in [0.05, 0.1) is 19.1 Å². The highest BCUT2D eigenvalue weighted by Crippen LogP contribution is 2.16. The highest BCUT2D eigenvalue weighted by atomic mass is 32.2. The summed E-state index contributed by atoms with van der Waals surface area (Å²) in [7, 11) is -4.13. The molecule has 10 nitrogen and oxygen atoms in total. The van der Waals surface area contributed by atoms with Crippen LogP contribution in [0, 0.1) is 0 Å². The number of nitrogens with zero attached hydrogens (tertiary/aromatic N) is 1. The zero-order chi connectivity index (χ0) is 15.6. The first-order chi connectivity index (χ1) is 9.80. The van der Waals surface area contributed by atoms with Gasteiger partial charge in [-0.1, -0.05) is 0 Å². The fourth-order valence-corrected chi connectivity index (χ4v) is 3.41. The number of aliphatic carboxylic acids is 1. The maximum absolute atomic E-state index is 12.3. The fourth-order valence-electron chi connectivity index (χ4n) is 1.96. The zero-order valence-corrected chi connectivity index (χ0v) is 11.6. The van der Waals surface area contributed by atoms with Gasteiger partial charge in [0.1, 0.15) is 0 Å². The van der Waals surface area contributed by atoms with E-state index in [4.69, 9.17) is 9.84 Å². The van der Waals surface area contributed by atoms with E-state index >= 15 is 0 Å². The summed E-state index contributed by atoms with van der Waals surface area (Å²) in [6.07, 6.45) is -0.306. The number of carboxylic acids is 1. The van der Waals surface area contributed by atoms with Gasteiger partial charge < -0.3 is 14.8 Å². The standard InChI is InChI=1S/C10H13N3O7S/c14-8(15)3-6-5-13(1-2-20-6)21(18,19)7-4-11-10(17)12-9(7)16/h4,6H,1-3,5H2,(H,14,15)(H2,11,12,16,17). The lowest BCUT2D eigenvalue weighted by atomic mass is 10.2. The van der Waals surface area contributed by atoms with Crippen LogP contribution in [0.2, 0.25) is 0 Å². The van der Waals surface area contributed by atoms with Crippen molar-refractivity contribution in [3.63, 3.8) is 0 Å². The topological polar surface area (TPSA) is 150 Å². The SMILES string of the molecule is O=C(O)CC1CN(S(=O)(=O)c2c[nH]c(=O)[nH]c2=O)CCO1. The summed E-state index contributed by atoms with van der Waals surface area (Å²) >= 11 is 0. The normalized spacial score (nSPS) is 20.3. The molecule has 0 aromatic carbocycles. The number of carboxylic acid groups (broad SMARTS) is 1. The maximum atomic E-state index is 12.3. The van der Waals surface area contributed by atoms with E-state index in [9.17, 15) is 22.8 Å². The molecule has 1 fully saturated rings. The monoisotopic (exact) mass is 319 g/mol. The van der Waals surface area contributed by atoms with Crippen molar-refractivity contribution in [3.8, 4) is 0 Å². The van der Waals surface area contributed by atoms with Gasteiger partial charge >= 0.3 is 11.7 Å². The number of nitrogens with one attached hydrogen (secondary N) is 2. The quantitative estimate of drug-likeness (QED) is 0.576. The number of morpholine rings is 1. The molecule has 21 heavy (non-hydrogen) atoms. The van der Waals surface area contributed by atoms with E-state index in [1.165, 1.54) is 0 Å². The third-order valence-electron chi connectivity index (χ3n) is 2.91. The van der Waals surface area contributed by atoms with Gasteiger partial charge in [0.25, 0.3) is 5.56 Å². The highest BCUT2D eigenvalue weighted by Gasteiger charge is 2.33. The molecule has 0 aliphatic carbocycles. The van der Waals surface area contributed by atoms with E-state index in [0.717, 1.165) is 10.5 Å². The smallest absolute Gasteiger partial charge is 0.325 e. The van der Waals surface area contributed by atoms with Crippen LogP contribution in [-0.4, -0.2) is 59.6 Å². The van der Waals surface area contributed by atoms with Crippen molar-refractivity contribution >= 4 is 16.0 Å². The molecule has 1 aromatic heterocycles. The first-order valence-corrected chi connectivity index (χ1v) is 7.40. The minimum atomic E-state index is -4.13. The molecule has 0 saturated carbocycles. The first-order valence-electron chi connectivity index (χ1n) is 5.96. The largest absolute Gasteiger partial charge is 0.481 e. The number of hydrogen-bond acceptors (Lipinski definition) is 6. The van der Waals surface area contributed by atoms with Crippen LogP contribution in [0.4, 0.5) is 0 Å². The zero-order valence-electron chi connectivity index (χ0n) is 10.7. The molecule has 0 radical (unpaired) electrons. The van der Waals surface area contributed by atoms with Crippen molar-refractivity contribution in [2.45, 2.75) is 17.4 Å². The van der Waals surface area contributed by atoms with Gasteiger partial charge in [0.2, 0.25) is 10.0 Å². The summed E-state index contributed by atoms with van der Waals surface area (Å²) in [5.74, 6) is -1.11. The number of H-pyrrole nitrogens is 2. The van der Waals surface area contributed by atoms with Gasteiger partial charge in [0.15, 0.2) is 4.90 Å². The average molecular weight is 319 g/mol. The Labute approximate surface area is 118 Å². The van der Waals surface area contributed by atoms with Crippen LogP contribution in [-0.2, 0) is 19.6 Å². The van der Waals surface area contributed by atoms with E-state index in [1.54, 1.807) is 0 Å². The average Bonchev–Trinajstić information content (AvgIpc) is 2.37. The van der Waals surface area contributed by atoms with E-state index in [-0.39, 0.29) is 26.1 Å². The van der Waals surface area contributed by atoms with Crippen LogP contribution < -0.4 is 11.2 Å². The Bertz CT molecular complexity index is 750. The van der Waals surface area contributed by atoms with Crippen molar-refractivity contribution in [3.05, 3.63) is 27.0 Å². The Morgan fingerprint density at radius 1 is 1.48 bits per heavy atom. The summed E-state index contributed by atoms with van der Waals surface area (Å²) in [5.41, 5.74) is -1.84. The second-order valence-electron chi connectivity index (χ2n) is 4.39. The molecule has 1 saturated heterocycles. The van der Waals surface area contributed by atoms with Crippen LogP contribution in [0.3, 0.4) is 0 Å². The van der Waals surface area contributed by atoms with Crippen LogP contribution in [0.15, 0.2) is 20.7 Å². The molecular weight excluding hydrogens is 306 g/mol. The molecule has 1 unspecified atom stereocenters. The lowest BCUT2D eigenvalue weighted by Gasteiger charge is -2.31. The van der Waals surface area contributed by atoms with Crippen LogP contribution in [0.1, 0.15) is 6.42 Å². The lowest BCUT2D eigenvalue weighted by Crippen LogP contribution is -2.47. The van der Waals surface area contributed by atoms with Crippen molar-refractivity contribution in [1.82, 2.24) is 14.3 Å². The van der Waals surface area contributed by atoms with Crippen LogP contribution in [0.25, 0.3) is 0 Å². The summed E-state index contributed by atoms with van der Waals surface area (Å²) in [5, 5.41) is 8.70. The van der Waals surface area contributed by atoms with E-state index < -0.39 is 38.2 Å². The van der Waals surface area contributed by atoms with Gasteiger partial charge in [-0.3, -0.25) is 14.6 Å². The summed E-state index contributed by atoms with van der Waals surface area (Å²) in [6, 6.07) is 0. The van der Waals surface area contributed by atoms with Gasteiger partial charge in [-0.05, 0) is 0 Å². The highest BCUT2D eigenvalue weighted by molar-refractivity contribution is 7.89. The van der Waals surface area contributed by atoms with Crippen molar-refractivity contribution < 1.29 is 23.1 Å². The number of aromatic nitrogens is 2. The van der Waals surface area contributed by atoms with E-state index in [2.05, 4.69) is 4.98 Å². The third kappa shape index (κ3) is 3.37. The second-order valence-corrected chi connectivity index (χ2v) is 6.30. The molecule has 3 N–H and O–H groups in total. The molecule has 11 heteroatoms. The predicted octanol–water partition coefficient (Wildman–Crippen LogP) is -2.07. The van der Waals surface area contributed by atoms with Crippen molar-refractivity contribution in [2.75, 3.05) is 19.7 Å². The molecule has 0 spiro atoms. The molecule has 1 aliphatic heterocycles. The third-order valence-corrected chi connectivity index (χ3v) is 4.78. The Morgan fingerprint density at radius 2 is 2.19 bits per heavy atom. The lowest BCUT2D eigenvalue weighted by molar-refractivity contribution is -0.141. The Morgan fingerprint density at radius 3 is 2.81 bits per heavy atom. The van der Waals surface area contributed by atoms with Crippen molar-refractivity contribution in [2.24, 2.45) is 0 Å². The van der Waals surface area contributed by atoms with Gasteiger partial charge in [-0.25, -0.2) is 13.2 Å². The van der Waals surface area contributed by atoms with E-state index in [1.807, 2.05) is 4.98 Å². The number of carbonyl (C=O) groups is 1. The summed E-state index contributed by atoms with van der Waals surface area (Å²) < 4.78 is 30.8. The number of hydrogen-bond donors (Lipinski definition) is 3. The molecule has 1 aromatic rings. The minimum Gasteiger partial charge on any atom is -0.481 e. The number of ether oxygens (including phenoxy) is 1. The van der Waals surface area contributed by atoms with Gasteiger partial charge in [-0.2, -0.15) is 4.31 Å². The molecule has 2 heterocycles. The number of sulfonamides is 1. The molecule has 1 aliphatic rings. The maximum Gasteiger partial charge on any atom is 0.325 e. The molecular formula is C10H13N3O7S. The van der Waals surface area contributed by atoms with Crippen LogP contribution in [0.5, 0.6) is 0 Å². The van der Waals surface area contributed by atoms with Crippen molar-refractivity contribution in [1.29, 1.82) is 0 Å². The second kappa shape index (κ2) is 5.79. The molecule has 116 valence electrons. The fraction of sp³-hybridized carbons (Fsp3) is 0.500. The Hall–Kier alpha value is -1.98. The van der Waals surface area contributed by atoms with Gasteiger partial charge in [0, 0.05) is 19.3 Å². The number of aromatic amines is 2. The molecule has 0 amide bonds. The Kier molecular flexibility index (Phi) is 4.25. The first kappa shape index (κ1) is 15.4. The van der Waals surface area contributed by atoms with E-state index in [0.29, 0.717) is 0 Å². The molecule has 0 bridgehead atoms. The summed E-state index contributed by atoms with van der Waals surface area (Å²) in [4.78, 5) is 36.5. The Balaban J connectivity index is 2.28. The minimum absolute atomic E-state index is 0.00296. The summed E-state index contributed by atoms with van der Waals surface area (Å²) in [6.45, 7) is -0.150. The predicted molar refractivity (Wildman–Crippen MR) is 68.4 cm³/mol. The molecule has 1 atom stereocenters. The van der Waals surface area contributed by atoms with Gasteiger partial charge in [-0.15, -0.1) is 0 Å². The molecule has 2 rings (SSSR count). The van der Waals surface area contributed by atoms with Crippen LogP contribution >= 0.6 is 0 Å². The number of rotatable bonds is 4.